The van der Waals surface area contributed by atoms with Crippen LogP contribution >= 0.6 is 0 Å². The number of rotatable bonds is 5. The van der Waals surface area contributed by atoms with Crippen molar-refractivity contribution in [3.8, 4) is 0 Å². The van der Waals surface area contributed by atoms with Gasteiger partial charge in [-0.05, 0) is 37.1 Å². The van der Waals surface area contributed by atoms with Gasteiger partial charge in [0.25, 0.3) is 0 Å². The van der Waals surface area contributed by atoms with Gasteiger partial charge in [-0.25, -0.2) is 4.68 Å². The van der Waals surface area contributed by atoms with E-state index in [0.29, 0.717) is 13.0 Å². The molecule has 1 aliphatic rings. The average molecular weight is 265 g/mol. The van der Waals surface area contributed by atoms with Crippen LogP contribution < -0.4 is 5.32 Å². The number of nitrogens with zero attached hydrogens (tertiary/aromatic N) is 4. The highest BCUT2D eigenvalue weighted by molar-refractivity contribution is 5.78. The SMILES string of the molecule is CC(C)n1nnnc1CCNC(=O)C1CCCCC1. The molecular formula is C13H23N5O. The Morgan fingerprint density at radius 2 is 2.11 bits per heavy atom. The lowest BCUT2D eigenvalue weighted by Gasteiger charge is -2.20. The molecule has 0 atom stereocenters. The molecule has 1 aliphatic carbocycles. The summed E-state index contributed by atoms with van der Waals surface area (Å²) in [5, 5.41) is 14.6. The first-order valence-electron chi connectivity index (χ1n) is 7.23. The number of carbonyl (C=O) groups is 1. The van der Waals surface area contributed by atoms with Crippen molar-refractivity contribution in [1.29, 1.82) is 0 Å². The molecule has 6 heteroatoms. The van der Waals surface area contributed by atoms with Crippen LogP contribution in [-0.2, 0) is 11.2 Å². The van der Waals surface area contributed by atoms with Crippen molar-refractivity contribution in [3.63, 3.8) is 0 Å². The van der Waals surface area contributed by atoms with Crippen LogP contribution in [-0.4, -0.2) is 32.7 Å². The lowest BCUT2D eigenvalue weighted by atomic mass is 9.89. The zero-order chi connectivity index (χ0) is 13.7. The number of amides is 1. The van der Waals surface area contributed by atoms with E-state index in [1.54, 1.807) is 4.68 Å². The summed E-state index contributed by atoms with van der Waals surface area (Å²) in [6.07, 6.45) is 6.40. The maximum atomic E-state index is 12.0. The van der Waals surface area contributed by atoms with E-state index in [2.05, 4.69) is 20.8 Å². The molecule has 0 bridgehead atoms. The van der Waals surface area contributed by atoms with Gasteiger partial charge < -0.3 is 5.32 Å². The topological polar surface area (TPSA) is 72.7 Å². The molecule has 19 heavy (non-hydrogen) atoms. The van der Waals surface area contributed by atoms with E-state index in [4.69, 9.17) is 0 Å². The van der Waals surface area contributed by atoms with Crippen LogP contribution in [0.25, 0.3) is 0 Å². The van der Waals surface area contributed by atoms with Crippen LogP contribution in [0.15, 0.2) is 0 Å². The van der Waals surface area contributed by atoms with E-state index in [0.717, 1.165) is 18.7 Å². The van der Waals surface area contributed by atoms with Gasteiger partial charge in [-0.2, -0.15) is 0 Å². The monoisotopic (exact) mass is 265 g/mol. The third kappa shape index (κ3) is 3.75. The molecular weight excluding hydrogens is 242 g/mol. The van der Waals surface area contributed by atoms with Crippen LogP contribution in [0.2, 0.25) is 0 Å². The standard InChI is InChI=1S/C13H23N5O/c1-10(2)18-12(15-16-17-18)8-9-14-13(19)11-6-4-3-5-7-11/h10-11H,3-9H2,1-2H3,(H,14,19). The molecule has 1 fully saturated rings. The molecule has 0 spiro atoms. The van der Waals surface area contributed by atoms with E-state index in [9.17, 15) is 4.79 Å². The molecule has 0 aromatic carbocycles. The Kier molecular flexibility index (Phi) is 4.87. The number of carbonyl (C=O) groups excluding carboxylic acids is 1. The van der Waals surface area contributed by atoms with Crippen molar-refractivity contribution in [2.45, 2.75) is 58.4 Å². The highest BCUT2D eigenvalue weighted by Crippen LogP contribution is 2.23. The van der Waals surface area contributed by atoms with Gasteiger partial charge in [0.2, 0.25) is 5.91 Å². The van der Waals surface area contributed by atoms with Gasteiger partial charge in [0, 0.05) is 18.9 Å². The van der Waals surface area contributed by atoms with Crippen molar-refractivity contribution >= 4 is 5.91 Å². The third-order valence-electron chi connectivity index (χ3n) is 3.67. The van der Waals surface area contributed by atoms with Gasteiger partial charge in [0.05, 0.1) is 6.04 Å². The Bertz CT molecular complexity index is 409. The number of aromatic nitrogens is 4. The van der Waals surface area contributed by atoms with Crippen LogP contribution in [0, 0.1) is 5.92 Å². The first kappa shape index (κ1) is 14.0. The van der Waals surface area contributed by atoms with E-state index in [1.807, 2.05) is 13.8 Å². The van der Waals surface area contributed by atoms with E-state index < -0.39 is 0 Å². The van der Waals surface area contributed by atoms with Crippen molar-refractivity contribution in [2.75, 3.05) is 6.54 Å². The molecule has 0 saturated heterocycles. The Balaban J connectivity index is 1.76. The molecule has 1 aromatic heterocycles. The second kappa shape index (κ2) is 6.63. The van der Waals surface area contributed by atoms with Crippen LogP contribution in [0.1, 0.15) is 57.8 Å². The van der Waals surface area contributed by atoms with Crippen LogP contribution in [0.3, 0.4) is 0 Å². The largest absolute Gasteiger partial charge is 0.355 e. The number of nitrogens with one attached hydrogen (secondary N) is 1. The minimum absolute atomic E-state index is 0.197. The number of tetrazole rings is 1. The Morgan fingerprint density at radius 1 is 1.37 bits per heavy atom. The zero-order valence-electron chi connectivity index (χ0n) is 11.8. The molecule has 1 aromatic rings. The van der Waals surface area contributed by atoms with Gasteiger partial charge in [0.15, 0.2) is 5.82 Å². The maximum absolute atomic E-state index is 12.0. The predicted molar refractivity (Wildman–Crippen MR) is 71.5 cm³/mol. The summed E-state index contributed by atoms with van der Waals surface area (Å²) in [6, 6.07) is 0.249. The second-order valence-electron chi connectivity index (χ2n) is 5.51. The number of hydrogen-bond donors (Lipinski definition) is 1. The molecule has 1 heterocycles. The maximum Gasteiger partial charge on any atom is 0.223 e. The van der Waals surface area contributed by atoms with Gasteiger partial charge in [-0.15, -0.1) is 5.10 Å². The Labute approximate surface area is 113 Å². The van der Waals surface area contributed by atoms with Crippen molar-refractivity contribution in [1.82, 2.24) is 25.5 Å². The Hall–Kier alpha value is -1.46. The summed E-state index contributed by atoms with van der Waals surface area (Å²) in [6.45, 7) is 4.70. The smallest absolute Gasteiger partial charge is 0.223 e. The molecule has 2 rings (SSSR count). The normalized spacial score (nSPS) is 16.8. The quantitative estimate of drug-likeness (QED) is 0.875. The van der Waals surface area contributed by atoms with E-state index >= 15 is 0 Å². The third-order valence-corrected chi connectivity index (χ3v) is 3.67. The molecule has 0 aliphatic heterocycles. The fourth-order valence-corrected chi connectivity index (χ4v) is 2.58. The fraction of sp³-hybridized carbons (Fsp3) is 0.846. The van der Waals surface area contributed by atoms with E-state index in [-0.39, 0.29) is 17.9 Å². The van der Waals surface area contributed by atoms with Gasteiger partial charge in [-0.1, -0.05) is 19.3 Å². The second-order valence-corrected chi connectivity index (χ2v) is 5.51. The number of hydrogen-bond acceptors (Lipinski definition) is 4. The summed E-state index contributed by atoms with van der Waals surface area (Å²) < 4.78 is 1.80. The van der Waals surface area contributed by atoms with Crippen LogP contribution in [0.5, 0.6) is 0 Å². The molecule has 106 valence electrons. The molecule has 1 amide bonds. The highest BCUT2D eigenvalue weighted by atomic mass is 16.1. The molecule has 1 N–H and O–H groups in total. The van der Waals surface area contributed by atoms with Gasteiger partial charge in [-0.3, -0.25) is 4.79 Å². The minimum Gasteiger partial charge on any atom is -0.355 e. The van der Waals surface area contributed by atoms with Crippen molar-refractivity contribution in [2.24, 2.45) is 5.92 Å². The average Bonchev–Trinajstić information content (AvgIpc) is 2.88. The Morgan fingerprint density at radius 3 is 2.79 bits per heavy atom. The first-order valence-corrected chi connectivity index (χ1v) is 7.23. The lowest BCUT2D eigenvalue weighted by Crippen LogP contribution is -2.33. The first-order chi connectivity index (χ1) is 9.18. The molecule has 0 unspecified atom stereocenters. The summed E-state index contributed by atoms with van der Waals surface area (Å²) >= 11 is 0. The summed E-state index contributed by atoms with van der Waals surface area (Å²) in [5.74, 6) is 1.25. The van der Waals surface area contributed by atoms with Gasteiger partial charge >= 0.3 is 0 Å². The fourth-order valence-electron chi connectivity index (χ4n) is 2.58. The van der Waals surface area contributed by atoms with Gasteiger partial charge in [0.1, 0.15) is 0 Å². The minimum atomic E-state index is 0.197. The van der Waals surface area contributed by atoms with E-state index in [1.165, 1.54) is 19.3 Å². The summed E-state index contributed by atoms with van der Waals surface area (Å²) in [7, 11) is 0. The zero-order valence-corrected chi connectivity index (χ0v) is 11.8. The molecule has 0 radical (unpaired) electrons. The van der Waals surface area contributed by atoms with Crippen LogP contribution in [0.4, 0.5) is 0 Å². The lowest BCUT2D eigenvalue weighted by molar-refractivity contribution is -0.125. The summed E-state index contributed by atoms with van der Waals surface area (Å²) in [5.41, 5.74) is 0. The van der Waals surface area contributed by atoms with Crippen molar-refractivity contribution in [3.05, 3.63) is 5.82 Å². The molecule has 6 nitrogen and oxygen atoms in total. The predicted octanol–water partition coefficient (Wildman–Crippen LogP) is 1.49. The van der Waals surface area contributed by atoms with Crippen molar-refractivity contribution < 1.29 is 4.79 Å². The summed E-state index contributed by atoms with van der Waals surface area (Å²) in [4.78, 5) is 12.0. The highest BCUT2D eigenvalue weighted by Gasteiger charge is 2.20. The molecule has 1 saturated carbocycles.